The summed E-state index contributed by atoms with van der Waals surface area (Å²) in [5.74, 6) is -1.06. The molecule has 1 heterocycles. The summed E-state index contributed by atoms with van der Waals surface area (Å²) < 4.78 is 16.1. The van der Waals surface area contributed by atoms with Gasteiger partial charge in [0, 0.05) is 19.5 Å². The van der Waals surface area contributed by atoms with E-state index in [4.69, 9.17) is 14.2 Å². The van der Waals surface area contributed by atoms with E-state index in [0.29, 0.717) is 6.54 Å². The molecule has 1 saturated heterocycles. The molecule has 0 aliphatic carbocycles. The van der Waals surface area contributed by atoms with Gasteiger partial charge in [0.05, 0.1) is 13.2 Å². The van der Waals surface area contributed by atoms with Crippen LogP contribution < -0.4 is 5.32 Å². The van der Waals surface area contributed by atoms with Crippen molar-refractivity contribution in [3.63, 3.8) is 0 Å². The monoisotopic (exact) mass is 522 g/mol. The van der Waals surface area contributed by atoms with Crippen molar-refractivity contribution in [2.45, 2.75) is 64.8 Å². The lowest BCUT2D eigenvalue weighted by molar-refractivity contribution is -0.150. The van der Waals surface area contributed by atoms with Gasteiger partial charge in [-0.05, 0) is 51.3 Å². The van der Waals surface area contributed by atoms with Gasteiger partial charge in [0.15, 0.2) is 5.54 Å². The number of nitrogens with one attached hydrogen (secondary N) is 1. The van der Waals surface area contributed by atoms with Gasteiger partial charge in [0.2, 0.25) is 0 Å². The molecule has 1 N–H and O–H groups in total. The average Bonchev–Trinajstić information content (AvgIpc) is 3.22. The van der Waals surface area contributed by atoms with Crippen LogP contribution in [0.15, 0.2) is 54.6 Å². The average molecular weight is 523 g/mol. The number of rotatable bonds is 9. The number of hydrogen-bond donors (Lipinski definition) is 1. The van der Waals surface area contributed by atoms with Gasteiger partial charge in [0.25, 0.3) is 0 Å². The first-order chi connectivity index (χ1) is 18.0. The third-order valence-corrected chi connectivity index (χ3v) is 6.05. The summed E-state index contributed by atoms with van der Waals surface area (Å²) >= 11 is 0. The molecule has 8 heteroatoms. The van der Waals surface area contributed by atoms with E-state index < -0.39 is 35.2 Å². The number of esters is 2. The number of carbonyl (C=O) groups is 3. The smallest absolute Gasteiger partial charge is 0.408 e. The second kappa shape index (κ2) is 12.7. The minimum Gasteiger partial charge on any atom is -0.465 e. The Morgan fingerprint density at radius 1 is 0.947 bits per heavy atom. The molecule has 0 aromatic heterocycles. The molecule has 2 atom stereocenters. The number of ether oxygens (including phenoxy) is 3. The third kappa shape index (κ3) is 7.92. The fourth-order valence-electron chi connectivity index (χ4n) is 4.40. The van der Waals surface area contributed by atoms with E-state index in [-0.39, 0.29) is 26.2 Å². The van der Waals surface area contributed by atoms with E-state index in [0.717, 1.165) is 16.7 Å². The quantitative estimate of drug-likeness (QED) is 0.287. The standard InChI is InChI=1S/C30H38N2O6/c1-6-36-26(33)25-19-30(27(34)37-7-2,31-28(35)38-29(3,4)5)21-32(25)20-24-17-15-23(16-18-24)14-13-22-11-9-8-10-12-22/h8-18,25H,6-7,19-21H2,1-5H3,(H,31,35). The summed E-state index contributed by atoms with van der Waals surface area (Å²) in [7, 11) is 0. The summed E-state index contributed by atoms with van der Waals surface area (Å²) in [4.78, 5) is 40.6. The van der Waals surface area contributed by atoms with Gasteiger partial charge in [-0.3, -0.25) is 9.69 Å². The summed E-state index contributed by atoms with van der Waals surface area (Å²) in [6.07, 6.45) is 3.35. The number of amides is 1. The highest BCUT2D eigenvalue weighted by molar-refractivity contribution is 5.89. The van der Waals surface area contributed by atoms with E-state index >= 15 is 0 Å². The highest BCUT2D eigenvalue weighted by atomic mass is 16.6. The molecule has 1 aliphatic heterocycles. The molecule has 1 amide bonds. The maximum atomic E-state index is 13.1. The van der Waals surface area contributed by atoms with Gasteiger partial charge >= 0.3 is 18.0 Å². The summed E-state index contributed by atoms with van der Waals surface area (Å²) in [6.45, 7) is 9.45. The first kappa shape index (κ1) is 28.9. The largest absolute Gasteiger partial charge is 0.465 e. The second-order valence-electron chi connectivity index (χ2n) is 10.3. The van der Waals surface area contributed by atoms with Gasteiger partial charge in [-0.25, -0.2) is 9.59 Å². The van der Waals surface area contributed by atoms with E-state index in [9.17, 15) is 14.4 Å². The van der Waals surface area contributed by atoms with Gasteiger partial charge < -0.3 is 19.5 Å². The number of likely N-dealkylation sites (tertiary alicyclic amines) is 1. The van der Waals surface area contributed by atoms with Crippen LogP contribution in [0, 0.1) is 0 Å². The van der Waals surface area contributed by atoms with Crippen molar-refractivity contribution in [1.82, 2.24) is 10.2 Å². The molecule has 3 rings (SSSR count). The topological polar surface area (TPSA) is 94.2 Å². The first-order valence-electron chi connectivity index (χ1n) is 13.0. The number of alkyl carbamates (subject to hydrolysis) is 1. The Hall–Kier alpha value is -3.65. The molecule has 38 heavy (non-hydrogen) atoms. The van der Waals surface area contributed by atoms with Crippen LogP contribution in [0.5, 0.6) is 0 Å². The van der Waals surface area contributed by atoms with Crippen molar-refractivity contribution in [3.05, 3.63) is 71.3 Å². The van der Waals surface area contributed by atoms with Gasteiger partial charge in [-0.1, -0.05) is 66.7 Å². The lowest BCUT2D eigenvalue weighted by Gasteiger charge is -2.29. The van der Waals surface area contributed by atoms with Crippen LogP contribution in [-0.2, 0) is 30.3 Å². The van der Waals surface area contributed by atoms with Crippen molar-refractivity contribution in [1.29, 1.82) is 0 Å². The minimum atomic E-state index is -1.45. The van der Waals surface area contributed by atoms with Crippen molar-refractivity contribution in [3.8, 4) is 0 Å². The zero-order valence-corrected chi connectivity index (χ0v) is 22.9. The van der Waals surface area contributed by atoms with Crippen molar-refractivity contribution < 1.29 is 28.6 Å². The molecule has 1 fully saturated rings. The van der Waals surface area contributed by atoms with Crippen molar-refractivity contribution >= 4 is 30.2 Å². The predicted octanol–water partition coefficient (Wildman–Crippen LogP) is 4.82. The van der Waals surface area contributed by atoms with Crippen LogP contribution in [0.1, 0.15) is 57.7 Å². The van der Waals surface area contributed by atoms with Gasteiger partial charge in [0.1, 0.15) is 11.6 Å². The molecular weight excluding hydrogens is 484 g/mol. The molecule has 0 bridgehead atoms. The Morgan fingerprint density at radius 3 is 2.13 bits per heavy atom. The highest BCUT2D eigenvalue weighted by Gasteiger charge is 2.54. The predicted molar refractivity (Wildman–Crippen MR) is 146 cm³/mol. The first-order valence-corrected chi connectivity index (χ1v) is 13.0. The van der Waals surface area contributed by atoms with E-state index in [1.807, 2.05) is 71.6 Å². The van der Waals surface area contributed by atoms with Gasteiger partial charge in [-0.15, -0.1) is 0 Å². The Labute approximate surface area is 224 Å². The Morgan fingerprint density at radius 2 is 1.55 bits per heavy atom. The zero-order chi connectivity index (χ0) is 27.8. The van der Waals surface area contributed by atoms with Crippen LogP contribution in [0.3, 0.4) is 0 Å². The van der Waals surface area contributed by atoms with E-state index in [1.54, 1.807) is 34.6 Å². The fraction of sp³-hybridized carbons (Fsp3) is 0.433. The highest BCUT2D eigenvalue weighted by Crippen LogP contribution is 2.32. The summed E-state index contributed by atoms with van der Waals surface area (Å²) in [5, 5.41) is 2.72. The van der Waals surface area contributed by atoms with E-state index in [2.05, 4.69) is 5.32 Å². The Balaban J connectivity index is 1.82. The third-order valence-electron chi connectivity index (χ3n) is 6.05. The Kier molecular flexibility index (Phi) is 9.69. The number of benzene rings is 2. The maximum absolute atomic E-state index is 13.1. The molecule has 204 valence electrons. The molecule has 2 unspecified atom stereocenters. The number of hydrogen-bond acceptors (Lipinski definition) is 7. The molecular formula is C30H38N2O6. The Bertz CT molecular complexity index is 1120. The molecule has 2 aromatic rings. The molecule has 0 radical (unpaired) electrons. The van der Waals surface area contributed by atoms with Crippen LogP contribution in [0.25, 0.3) is 12.2 Å². The van der Waals surface area contributed by atoms with Gasteiger partial charge in [-0.2, -0.15) is 0 Å². The van der Waals surface area contributed by atoms with Crippen LogP contribution in [-0.4, -0.2) is 59.9 Å². The molecule has 2 aromatic carbocycles. The van der Waals surface area contributed by atoms with Crippen LogP contribution in [0.2, 0.25) is 0 Å². The zero-order valence-electron chi connectivity index (χ0n) is 22.9. The maximum Gasteiger partial charge on any atom is 0.408 e. The van der Waals surface area contributed by atoms with Crippen molar-refractivity contribution in [2.75, 3.05) is 19.8 Å². The summed E-state index contributed by atoms with van der Waals surface area (Å²) in [5.41, 5.74) is 0.893. The minimum absolute atomic E-state index is 0.0157. The lowest BCUT2D eigenvalue weighted by Crippen LogP contribution is -2.57. The molecule has 8 nitrogen and oxygen atoms in total. The fourth-order valence-corrected chi connectivity index (χ4v) is 4.40. The lowest BCUT2D eigenvalue weighted by atomic mass is 9.96. The second-order valence-corrected chi connectivity index (χ2v) is 10.3. The summed E-state index contributed by atoms with van der Waals surface area (Å²) in [6, 6.07) is 17.3. The van der Waals surface area contributed by atoms with Crippen molar-refractivity contribution in [2.24, 2.45) is 0 Å². The number of nitrogens with zero attached hydrogens (tertiary/aromatic N) is 1. The van der Waals surface area contributed by atoms with Crippen LogP contribution >= 0.6 is 0 Å². The molecule has 1 aliphatic rings. The van der Waals surface area contributed by atoms with Crippen LogP contribution in [0.4, 0.5) is 4.79 Å². The molecule has 0 saturated carbocycles. The number of carbonyl (C=O) groups excluding carboxylic acids is 3. The van der Waals surface area contributed by atoms with E-state index in [1.165, 1.54) is 0 Å². The molecule has 0 spiro atoms. The SMILES string of the molecule is CCOC(=O)C1CC(NC(=O)OC(C)(C)C)(C(=O)OCC)CN1Cc1ccc(C=Cc2ccccc2)cc1. The normalized spacial score (nSPS) is 19.8.